The minimum atomic E-state index is -0.222. The van der Waals surface area contributed by atoms with Crippen LogP contribution in [0.1, 0.15) is 35.7 Å². The van der Waals surface area contributed by atoms with E-state index in [-0.39, 0.29) is 11.9 Å². The molecule has 6 heteroatoms. The van der Waals surface area contributed by atoms with Crippen LogP contribution in [0.3, 0.4) is 0 Å². The highest BCUT2D eigenvalue weighted by molar-refractivity contribution is 5.92. The van der Waals surface area contributed by atoms with Crippen LogP contribution in [-0.2, 0) is 11.8 Å². The molecular weight excluding hydrogens is 326 g/mol. The van der Waals surface area contributed by atoms with E-state index in [1.165, 1.54) is 6.08 Å². The van der Waals surface area contributed by atoms with Crippen LogP contribution >= 0.6 is 0 Å². The quantitative estimate of drug-likeness (QED) is 0.694. The summed E-state index contributed by atoms with van der Waals surface area (Å²) >= 11 is 0. The molecule has 26 heavy (non-hydrogen) atoms. The molecule has 0 spiro atoms. The summed E-state index contributed by atoms with van der Waals surface area (Å²) in [4.78, 5) is 19.9. The smallest absolute Gasteiger partial charge is 0.244 e. The summed E-state index contributed by atoms with van der Waals surface area (Å²) in [6.07, 6.45) is 5.12. The normalized spacial score (nSPS) is 12.5. The maximum absolute atomic E-state index is 12.2. The van der Waals surface area contributed by atoms with Gasteiger partial charge < -0.3 is 10.3 Å². The number of carbonyl (C=O) groups is 1. The van der Waals surface area contributed by atoms with Crippen molar-refractivity contribution in [3.8, 4) is 11.3 Å². The van der Waals surface area contributed by atoms with Crippen molar-refractivity contribution in [2.24, 2.45) is 7.05 Å². The molecule has 0 fully saturated rings. The molecule has 0 aliphatic heterocycles. The molecule has 1 amide bonds. The van der Waals surface area contributed by atoms with E-state index in [4.69, 9.17) is 0 Å². The van der Waals surface area contributed by atoms with Gasteiger partial charge in [-0.2, -0.15) is 5.10 Å². The number of carbonyl (C=O) groups excluding carboxylic acids is 1. The van der Waals surface area contributed by atoms with Gasteiger partial charge in [0.2, 0.25) is 5.91 Å². The highest BCUT2D eigenvalue weighted by Gasteiger charge is 2.13. The molecule has 0 aliphatic carbocycles. The van der Waals surface area contributed by atoms with Crippen LogP contribution in [0.15, 0.2) is 42.6 Å². The Bertz CT molecular complexity index is 937. The summed E-state index contributed by atoms with van der Waals surface area (Å²) in [5.74, 6) is 0.553. The number of hydrogen-bond donors (Lipinski definition) is 2. The molecule has 3 rings (SSSR count). The number of aromatic amines is 1. The summed E-state index contributed by atoms with van der Waals surface area (Å²) < 4.78 is 1.81. The molecule has 1 atom stereocenters. The van der Waals surface area contributed by atoms with Gasteiger partial charge in [-0.3, -0.25) is 9.48 Å². The Morgan fingerprint density at radius 2 is 2.00 bits per heavy atom. The fourth-order valence-corrected chi connectivity index (χ4v) is 2.84. The zero-order chi connectivity index (χ0) is 18.7. The number of amides is 1. The van der Waals surface area contributed by atoms with Crippen LogP contribution in [0.25, 0.3) is 17.3 Å². The van der Waals surface area contributed by atoms with Crippen LogP contribution in [0.4, 0.5) is 0 Å². The topological polar surface area (TPSA) is 75.6 Å². The SMILES string of the molecule is Cc1nn(C)c(C)c1/C=C\C(=O)N[C@@H](C)c1ncc(-c2ccccc2)[nH]1. The number of nitrogens with zero attached hydrogens (tertiary/aromatic N) is 3. The van der Waals surface area contributed by atoms with Gasteiger partial charge in [-0.1, -0.05) is 30.3 Å². The van der Waals surface area contributed by atoms with Gasteiger partial charge in [0.15, 0.2) is 0 Å². The number of H-pyrrole nitrogens is 1. The molecular formula is C20H23N5O. The fourth-order valence-electron chi connectivity index (χ4n) is 2.84. The summed E-state index contributed by atoms with van der Waals surface area (Å²) in [5, 5.41) is 7.28. The zero-order valence-corrected chi connectivity index (χ0v) is 15.4. The Labute approximate surface area is 153 Å². The molecule has 134 valence electrons. The first kappa shape index (κ1) is 17.7. The molecule has 0 unspecified atom stereocenters. The van der Waals surface area contributed by atoms with Crippen LogP contribution < -0.4 is 5.32 Å². The van der Waals surface area contributed by atoms with Crippen LogP contribution in [0.2, 0.25) is 0 Å². The minimum absolute atomic E-state index is 0.169. The summed E-state index contributed by atoms with van der Waals surface area (Å²) in [6.45, 7) is 5.81. The lowest BCUT2D eigenvalue weighted by atomic mass is 10.2. The van der Waals surface area contributed by atoms with Crippen molar-refractivity contribution in [1.82, 2.24) is 25.1 Å². The highest BCUT2D eigenvalue weighted by Crippen LogP contribution is 2.19. The molecule has 0 radical (unpaired) electrons. The Morgan fingerprint density at radius 3 is 2.65 bits per heavy atom. The first-order chi connectivity index (χ1) is 12.5. The second-order valence-electron chi connectivity index (χ2n) is 6.32. The van der Waals surface area contributed by atoms with Gasteiger partial charge in [-0.15, -0.1) is 0 Å². The van der Waals surface area contributed by atoms with E-state index in [0.29, 0.717) is 0 Å². The Balaban J connectivity index is 1.66. The second-order valence-corrected chi connectivity index (χ2v) is 6.32. The van der Waals surface area contributed by atoms with Gasteiger partial charge in [-0.05, 0) is 32.4 Å². The Morgan fingerprint density at radius 1 is 1.27 bits per heavy atom. The van der Waals surface area contributed by atoms with Crippen molar-refractivity contribution in [1.29, 1.82) is 0 Å². The molecule has 2 aromatic heterocycles. The molecule has 2 heterocycles. The van der Waals surface area contributed by atoms with E-state index in [1.807, 2.05) is 62.8 Å². The first-order valence-electron chi connectivity index (χ1n) is 8.55. The van der Waals surface area contributed by atoms with Gasteiger partial charge in [-0.25, -0.2) is 4.98 Å². The zero-order valence-electron chi connectivity index (χ0n) is 15.4. The van der Waals surface area contributed by atoms with Crippen molar-refractivity contribution in [3.05, 3.63) is 65.4 Å². The van der Waals surface area contributed by atoms with E-state index >= 15 is 0 Å². The molecule has 2 N–H and O–H groups in total. The molecule has 0 bridgehead atoms. The largest absolute Gasteiger partial charge is 0.343 e. The Hall–Kier alpha value is -3.15. The van der Waals surface area contributed by atoms with Crippen molar-refractivity contribution in [3.63, 3.8) is 0 Å². The van der Waals surface area contributed by atoms with Crippen LogP contribution in [0.5, 0.6) is 0 Å². The van der Waals surface area contributed by atoms with Crippen LogP contribution in [-0.4, -0.2) is 25.7 Å². The average Bonchev–Trinajstić information content (AvgIpc) is 3.20. The van der Waals surface area contributed by atoms with Gasteiger partial charge in [0, 0.05) is 24.4 Å². The number of aryl methyl sites for hydroxylation is 2. The van der Waals surface area contributed by atoms with Gasteiger partial charge in [0.25, 0.3) is 0 Å². The molecule has 1 aromatic carbocycles. The number of rotatable bonds is 5. The second kappa shape index (κ2) is 7.39. The number of aromatic nitrogens is 4. The molecule has 3 aromatic rings. The van der Waals surface area contributed by atoms with E-state index < -0.39 is 0 Å². The third kappa shape index (κ3) is 3.74. The predicted octanol–water partition coefficient (Wildman–Crippen LogP) is 3.32. The maximum atomic E-state index is 12.2. The third-order valence-corrected chi connectivity index (χ3v) is 4.42. The highest BCUT2D eigenvalue weighted by atomic mass is 16.1. The lowest BCUT2D eigenvalue weighted by Gasteiger charge is -2.09. The fraction of sp³-hybridized carbons (Fsp3) is 0.250. The maximum Gasteiger partial charge on any atom is 0.244 e. The lowest BCUT2D eigenvalue weighted by Crippen LogP contribution is -2.25. The van der Waals surface area contributed by atoms with Crippen molar-refractivity contribution >= 4 is 12.0 Å². The van der Waals surface area contributed by atoms with Gasteiger partial charge in [0.1, 0.15) is 5.82 Å². The van der Waals surface area contributed by atoms with E-state index in [0.717, 1.165) is 34.0 Å². The summed E-state index contributed by atoms with van der Waals surface area (Å²) in [7, 11) is 1.89. The van der Waals surface area contributed by atoms with Gasteiger partial charge >= 0.3 is 0 Å². The molecule has 0 aliphatic rings. The van der Waals surface area contributed by atoms with E-state index in [9.17, 15) is 4.79 Å². The number of nitrogens with one attached hydrogen (secondary N) is 2. The standard InChI is InChI=1S/C20H23N5O/c1-13-17(15(3)25(4)24-13)10-11-19(26)22-14(2)20-21-12-18(23-20)16-8-6-5-7-9-16/h5-12,14H,1-4H3,(H,21,23)(H,22,26)/b11-10-/t14-/m0/s1. The molecule has 6 nitrogen and oxygen atoms in total. The van der Waals surface area contributed by atoms with Crippen molar-refractivity contribution < 1.29 is 4.79 Å². The predicted molar refractivity (Wildman–Crippen MR) is 102 cm³/mol. The summed E-state index contributed by atoms with van der Waals surface area (Å²) in [5.41, 5.74) is 4.89. The van der Waals surface area contributed by atoms with Crippen molar-refractivity contribution in [2.75, 3.05) is 0 Å². The molecule has 0 saturated carbocycles. The monoisotopic (exact) mass is 349 g/mol. The van der Waals surface area contributed by atoms with E-state index in [2.05, 4.69) is 20.4 Å². The number of imidazole rings is 1. The van der Waals surface area contributed by atoms with Gasteiger partial charge in [0.05, 0.1) is 23.6 Å². The Kier molecular flexibility index (Phi) is 5.02. The van der Waals surface area contributed by atoms with E-state index in [1.54, 1.807) is 12.3 Å². The third-order valence-electron chi connectivity index (χ3n) is 4.42. The first-order valence-corrected chi connectivity index (χ1v) is 8.55. The lowest BCUT2D eigenvalue weighted by molar-refractivity contribution is -0.117. The number of hydrogen-bond acceptors (Lipinski definition) is 3. The average molecular weight is 349 g/mol. The summed E-state index contributed by atoms with van der Waals surface area (Å²) in [6, 6.07) is 9.74. The number of benzene rings is 1. The minimum Gasteiger partial charge on any atom is -0.343 e. The van der Waals surface area contributed by atoms with Crippen molar-refractivity contribution in [2.45, 2.75) is 26.8 Å². The van der Waals surface area contributed by atoms with Crippen LogP contribution in [0, 0.1) is 13.8 Å². The molecule has 0 saturated heterocycles.